The molecule has 0 saturated carbocycles. The van der Waals surface area contributed by atoms with E-state index in [4.69, 9.17) is 0 Å². The monoisotopic (exact) mass is 220 g/mol. The van der Waals surface area contributed by atoms with Gasteiger partial charge in [0.1, 0.15) is 0 Å². The topological polar surface area (TPSA) is 15.3 Å². The van der Waals surface area contributed by atoms with Crippen molar-refractivity contribution in [3.8, 4) is 0 Å². The molecule has 16 heavy (non-hydrogen) atoms. The van der Waals surface area contributed by atoms with E-state index >= 15 is 0 Å². The van der Waals surface area contributed by atoms with E-state index in [0.717, 1.165) is 13.1 Å². The molecule has 1 atom stereocenters. The number of anilines is 1. The Morgan fingerprint density at radius 2 is 2.00 bits per heavy atom. The molecule has 0 bridgehead atoms. The number of likely N-dealkylation sites (N-methyl/N-ethyl adjacent to an activating group) is 1. The lowest BCUT2D eigenvalue weighted by molar-refractivity contribution is 0.261. The number of aryl methyl sites for hydroxylation is 1. The molecule has 0 radical (unpaired) electrons. The minimum atomic E-state index is 0.665. The average molecular weight is 220 g/mol. The van der Waals surface area contributed by atoms with Gasteiger partial charge in [0, 0.05) is 24.8 Å². The molecule has 0 saturated heterocycles. The molecule has 1 aromatic carbocycles. The quantitative estimate of drug-likeness (QED) is 0.792. The number of hydrogen-bond donors (Lipinski definition) is 1. The first kappa shape index (κ1) is 13.0. The highest BCUT2D eigenvalue weighted by Crippen LogP contribution is 2.12. The van der Waals surface area contributed by atoms with Gasteiger partial charge < -0.3 is 10.2 Å². The van der Waals surface area contributed by atoms with Crippen LogP contribution >= 0.6 is 0 Å². The molecule has 2 nitrogen and oxygen atoms in total. The van der Waals surface area contributed by atoms with Crippen LogP contribution in [0.3, 0.4) is 0 Å². The van der Waals surface area contributed by atoms with Crippen LogP contribution in [0.25, 0.3) is 0 Å². The second kappa shape index (κ2) is 6.54. The van der Waals surface area contributed by atoms with Gasteiger partial charge in [-0.3, -0.25) is 0 Å². The Kier molecular flexibility index (Phi) is 5.33. The fraction of sp³-hybridized carbons (Fsp3) is 0.571. The van der Waals surface area contributed by atoms with Crippen LogP contribution in [0.4, 0.5) is 5.69 Å². The van der Waals surface area contributed by atoms with Crippen molar-refractivity contribution in [1.82, 2.24) is 4.90 Å². The first-order valence-electron chi connectivity index (χ1n) is 6.15. The standard InChI is InChI=1S/C14H24N2/c1-5-13(3)16(4)11-10-15-14-9-7-6-8-12(14)2/h6-9,13,15H,5,10-11H2,1-4H3. The average Bonchev–Trinajstić information content (AvgIpc) is 2.30. The summed E-state index contributed by atoms with van der Waals surface area (Å²) in [6.45, 7) is 8.74. The zero-order valence-electron chi connectivity index (χ0n) is 11.0. The molecular weight excluding hydrogens is 196 g/mol. The first-order chi connectivity index (χ1) is 7.65. The Hall–Kier alpha value is -1.02. The minimum absolute atomic E-state index is 0.665. The Morgan fingerprint density at radius 1 is 1.31 bits per heavy atom. The summed E-state index contributed by atoms with van der Waals surface area (Å²) in [7, 11) is 2.19. The van der Waals surface area contributed by atoms with Crippen molar-refractivity contribution in [2.24, 2.45) is 0 Å². The van der Waals surface area contributed by atoms with Crippen molar-refractivity contribution in [1.29, 1.82) is 0 Å². The van der Waals surface area contributed by atoms with Gasteiger partial charge in [-0.25, -0.2) is 0 Å². The van der Waals surface area contributed by atoms with E-state index in [2.05, 4.69) is 62.3 Å². The van der Waals surface area contributed by atoms with Crippen LogP contribution in [-0.2, 0) is 0 Å². The summed E-state index contributed by atoms with van der Waals surface area (Å²) in [4.78, 5) is 2.39. The van der Waals surface area contributed by atoms with Crippen LogP contribution < -0.4 is 5.32 Å². The van der Waals surface area contributed by atoms with Crippen molar-refractivity contribution in [2.45, 2.75) is 33.2 Å². The summed E-state index contributed by atoms with van der Waals surface area (Å²) in [5, 5.41) is 3.48. The van der Waals surface area contributed by atoms with Gasteiger partial charge in [-0.05, 0) is 38.9 Å². The highest BCUT2D eigenvalue weighted by Gasteiger charge is 2.05. The van der Waals surface area contributed by atoms with Gasteiger partial charge in [0.2, 0.25) is 0 Å². The van der Waals surface area contributed by atoms with Gasteiger partial charge in [-0.15, -0.1) is 0 Å². The first-order valence-corrected chi connectivity index (χ1v) is 6.15. The third kappa shape index (κ3) is 3.86. The van der Waals surface area contributed by atoms with Gasteiger partial charge >= 0.3 is 0 Å². The van der Waals surface area contributed by atoms with E-state index < -0.39 is 0 Å². The Labute approximate surface area is 99.7 Å². The number of hydrogen-bond acceptors (Lipinski definition) is 2. The summed E-state index contributed by atoms with van der Waals surface area (Å²) in [6, 6.07) is 9.09. The summed E-state index contributed by atoms with van der Waals surface area (Å²) in [5.74, 6) is 0. The van der Waals surface area contributed by atoms with Crippen molar-refractivity contribution < 1.29 is 0 Å². The molecule has 0 aliphatic carbocycles. The third-order valence-electron chi connectivity index (χ3n) is 3.27. The normalized spacial score (nSPS) is 12.8. The van der Waals surface area contributed by atoms with E-state index in [0.29, 0.717) is 6.04 Å². The second-order valence-corrected chi connectivity index (χ2v) is 4.48. The second-order valence-electron chi connectivity index (χ2n) is 4.48. The molecule has 2 heteroatoms. The maximum Gasteiger partial charge on any atom is 0.0370 e. The van der Waals surface area contributed by atoms with Crippen molar-refractivity contribution in [3.63, 3.8) is 0 Å². The van der Waals surface area contributed by atoms with Gasteiger partial charge in [0.25, 0.3) is 0 Å². The highest BCUT2D eigenvalue weighted by atomic mass is 15.1. The van der Waals surface area contributed by atoms with Crippen molar-refractivity contribution in [3.05, 3.63) is 29.8 Å². The van der Waals surface area contributed by atoms with Gasteiger partial charge in [-0.1, -0.05) is 25.1 Å². The maximum absolute atomic E-state index is 3.48. The number of nitrogens with one attached hydrogen (secondary N) is 1. The molecule has 0 amide bonds. The number of para-hydroxylation sites is 1. The lowest BCUT2D eigenvalue weighted by Crippen LogP contribution is -2.32. The van der Waals surface area contributed by atoms with Gasteiger partial charge in [-0.2, -0.15) is 0 Å². The number of nitrogens with zero attached hydrogens (tertiary/aromatic N) is 1. The zero-order valence-corrected chi connectivity index (χ0v) is 11.0. The lowest BCUT2D eigenvalue weighted by Gasteiger charge is -2.23. The smallest absolute Gasteiger partial charge is 0.0370 e. The molecule has 1 unspecified atom stereocenters. The van der Waals surface area contributed by atoms with Crippen LogP contribution in [0, 0.1) is 6.92 Å². The van der Waals surface area contributed by atoms with Crippen LogP contribution in [0.5, 0.6) is 0 Å². The summed E-state index contributed by atoms with van der Waals surface area (Å²) in [6.07, 6.45) is 1.21. The molecular formula is C14H24N2. The molecule has 1 aromatic rings. The largest absolute Gasteiger partial charge is 0.384 e. The van der Waals surface area contributed by atoms with Gasteiger partial charge in [0.15, 0.2) is 0 Å². The Morgan fingerprint density at radius 3 is 2.62 bits per heavy atom. The molecule has 1 N–H and O–H groups in total. The van der Waals surface area contributed by atoms with Gasteiger partial charge in [0.05, 0.1) is 0 Å². The van der Waals surface area contributed by atoms with E-state index in [1.807, 2.05) is 0 Å². The SMILES string of the molecule is CCC(C)N(C)CCNc1ccccc1C. The molecule has 0 aliphatic rings. The van der Waals surface area contributed by atoms with Crippen LogP contribution in [0.1, 0.15) is 25.8 Å². The van der Waals surface area contributed by atoms with E-state index in [-0.39, 0.29) is 0 Å². The van der Waals surface area contributed by atoms with Crippen LogP contribution in [-0.4, -0.2) is 31.1 Å². The summed E-state index contributed by atoms with van der Waals surface area (Å²) < 4.78 is 0. The highest BCUT2D eigenvalue weighted by molar-refractivity contribution is 5.50. The van der Waals surface area contributed by atoms with Crippen LogP contribution in [0.2, 0.25) is 0 Å². The molecule has 0 fully saturated rings. The summed E-state index contributed by atoms with van der Waals surface area (Å²) in [5.41, 5.74) is 2.56. The van der Waals surface area contributed by atoms with Crippen LogP contribution in [0.15, 0.2) is 24.3 Å². The number of benzene rings is 1. The molecule has 1 rings (SSSR count). The Balaban J connectivity index is 2.33. The third-order valence-corrected chi connectivity index (χ3v) is 3.27. The van der Waals surface area contributed by atoms with E-state index in [9.17, 15) is 0 Å². The predicted molar refractivity (Wildman–Crippen MR) is 72.1 cm³/mol. The lowest BCUT2D eigenvalue weighted by atomic mass is 10.2. The molecule has 0 aromatic heterocycles. The zero-order chi connectivity index (χ0) is 12.0. The number of rotatable bonds is 6. The van der Waals surface area contributed by atoms with Crippen molar-refractivity contribution in [2.75, 3.05) is 25.5 Å². The Bertz CT molecular complexity index is 309. The summed E-state index contributed by atoms with van der Waals surface area (Å²) >= 11 is 0. The van der Waals surface area contributed by atoms with E-state index in [1.54, 1.807) is 0 Å². The molecule has 0 aliphatic heterocycles. The molecule has 90 valence electrons. The molecule has 0 spiro atoms. The van der Waals surface area contributed by atoms with Crippen molar-refractivity contribution >= 4 is 5.69 Å². The minimum Gasteiger partial charge on any atom is -0.384 e. The fourth-order valence-corrected chi connectivity index (χ4v) is 1.67. The predicted octanol–water partition coefficient (Wildman–Crippen LogP) is 3.14. The molecule has 0 heterocycles. The maximum atomic E-state index is 3.48. The van der Waals surface area contributed by atoms with E-state index in [1.165, 1.54) is 17.7 Å². The fourth-order valence-electron chi connectivity index (χ4n) is 1.67.